The minimum Gasteiger partial charge on any atom is -0.497 e. The van der Waals surface area contributed by atoms with Crippen molar-refractivity contribution in [2.24, 2.45) is 21.6 Å². The Balaban J connectivity index is 0.000000211. The molecule has 0 saturated carbocycles. The highest BCUT2D eigenvalue weighted by Gasteiger charge is 2.18. The van der Waals surface area contributed by atoms with E-state index in [9.17, 15) is 19.2 Å². The van der Waals surface area contributed by atoms with Crippen LogP contribution in [0.2, 0.25) is 0 Å². The molecular formula is C28H30N12O6. The van der Waals surface area contributed by atoms with Crippen molar-refractivity contribution < 1.29 is 23.9 Å². The standard InChI is InChI=1S/C14H14N6O3.C10H11NO2.C4H5N5O/c1-8(9-3-5-10(23-2)6-4-9)20-14(22)19-7-16-11(12(15)21)13(19)17-18-20;1-8(11-7-12)9-3-5-10(13-2)6-4-9;5-3(10)2-4(9-6)8-1-7-2/h3-8H,1-2H3,(H2,15,21);3-6,8H,1-2H3;1,6H,(H2,5,10)(H,7,8)/t2*8-;/m11./s1. The van der Waals surface area contributed by atoms with Gasteiger partial charge in [-0.2, -0.15) is 9.67 Å². The first kappa shape index (κ1) is 33.9. The van der Waals surface area contributed by atoms with Gasteiger partial charge in [0.05, 0.1) is 32.6 Å². The number of hydrogen-bond acceptors (Lipinski definition) is 13. The zero-order valence-electron chi connectivity index (χ0n) is 25.1. The molecule has 0 spiro atoms. The number of ether oxygens (including phenoxy) is 2. The van der Waals surface area contributed by atoms with Gasteiger partial charge in [-0.3, -0.25) is 9.59 Å². The second-order valence-corrected chi connectivity index (χ2v) is 9.16. The number of nitrogens with two attached hydrogens (primary N) is 2. The number of hydrogen-bond donors (Lipinski definition) is 4. The van der Waals surface area contributed by atoms with Crippen molar-refractivity contribution >= 4 is 29.4 Å². The number of isocyanates is 1. The molecule has 0 aliphatic heterocycles. The first-order chi connectivity index (χ1) is 22.1. The van der Waals surface area contributed by atoms with Crippen LogP contribution < -0.4 is 26.6 Å². The van der Waals surface area contributed by atoms with Crippen LogP contribution in [0.1, 0.15) is 58.0 Å². The monoisotopic (exact) mass is 630 g/mol. The molecule has 3 heterocycles. The van der Waals surface area contributed by atoms with E-state index in [-0.39, 0.29) is 34.9 Å². The number of aromatic nitrogens is 7. The number of methoxy groups -OCH3 is 2. The van der Waals surface area contributed by atoms with Crippen molar-refractivity contribution in [3.8, 4) is 11.5 Å². The molecule has 5 rings (SSSR count). The van der Waals surface area contributed by atoms with E-state index in [1.54, 1.807) is 26.4 Å². The van der Waals surface area contributed by atoms with E-state index in [0.717, 1.165) is 27.0 Å². The Morgan fingerprint density at radius 3 is 2.02 bits per heavy atom. The summed E-state index contributed by atoms with van der Waals surface area (Å²) in [6.07, 6.45) is 4.01. The van der Waals surface area contributed by atoms with Gasteiger partial charge in [0, 0.05) is 0 Å². The third-order valence-electron chi connectivity index (χ3n) is 6.39. The highest BCUT2D eigenvalue weighted by molar-refractivity contribution is 5.96. The molecule has 6 N–H and O–H groups in total. The van der Waals surface area contributed by atoms with Gasteiger partial charge in [0.1, 0.15) is 17.8 Å². The summed E-state index contributed by atoms with van der Waals surface area (Å²) in [5.74, 6) is 0.111. The summed E-state index contributed by atoms with van der Waals surface area (Å²) in [4.78, 5) is 57.6. The van der Waals surface area contributed by atoms with Crippen LogP contribution in [0.15, 0.2) is 76.1 Å². The summed E-state index contributed by atoms with van der Waals surface area (Å²) in [5.41, 5.74) is 18.0. The Bertz CT molecular complexity index is 1910. The smallest absolute Gasteiger partial charge is 0.353 e. The van der Waals surface area contributed by atoms with Gasteiger partial charge in [0.25, 0.3) is 11.8 Å². The van der Waals surface area contributed by atoms with Gasteiger partial charge in [-0.25, -0.2) is 29.5 Å². The van der Waals surface area contributed by atoms with Crippen molar-refractivity contribution in [1.82, 2.24) is 34.3 Å². The number of carbonyl (C=O) groups excluding carboxylic acids is 3. The van der Waals surface area contributed by atoms with E-state index in [4.69, 9.17) is 26.5 Å². The highest BCUT2D eigenvalue weighted by atomic mass is 16.5. The van der Waals surface area contributed by atoms with Gasteiger partial charge in [0.15, 0.2) is 17.0 Å². The molecule has 0 aliphatic rings. The molecule has 0 aliphatic carbocycles. The molecule has 2 amide bonds. The number of aromatic amines is 1. The van der Waals surface area contributed by atoms with Gasteiger partial charge < -0.3 is 25.9 Å². The molecule has 0 unspecified atom stereocenters. The average Bonchev–Trinajstić information content (AvgIpc) is 3.74. The Hall–Kier alpha value is -6.55. The lowest BCUT2D eigenvalue weighted by Gasteiger charge is -2.13. The number of H-pyrrole nitrogens is 1. The number of amides is 2. The van der Waals surface area contributed by atoms with Crippen LogP contribution in [0.5, 0.6) is 11.5 Å². The Morgan fingerprint density at radius 2 is 1.54 bits per heavy atom. The second-order valence-electron chi connectivity index (χ2n) is 9.16. The average molecular weight is 631 g/mol. The fourth-order valence-corrected chi connectivity index (χ4v) is 3.85. The third-order valence-corrected chi connectivity index (χ3v) is 6.39. The maximum Gasteiger partial charge on any atom is 0.353 e. The molecule has 0 radical (unpaired) electrons. The van der Waals surface area contributed by atoms with E-state index in [0.29, 0.717) is 0 Å². The maximum atomic E-state index is 12.5. The number of rotatable bonds is 9. The number of imidazole rings is 2. The summed E-state index contributed by atoms with van der Waals surface area (Å²) in [7, 11) is 3.19. The van der Waals surface area contributed by atoms with E-state index in [1.807, 2.05) is 50.2 Å². The predicted octanol–water partition coefficient (Wildman–Crippen LogP) is 2.27. The Labute approximate surface area is 260 Å². The minimum atomic E-state index is -0.762. The van der Waals surface area contributed by atoms with Crippen LogP contribution in [0, 0.1) is 5.53 Å². The van der Waals surface area contributed by atoms with Gasteiger partial charge in [-0.05, 0) is 49.2 Å². The number of benzene rings is 2. The first-order valence-corrected chi connectivity index (χ1v) is 13.2. The third kappa shape index (κ3) is 8.08. The molecule has 0 fully saturated rings. The zero-order chi connectivity index (χ0) is 33.8. The van der Waals surface area contributed by atoms with Crippen LogP contribution in [-0.2, 0) is 4.79 Å². The van der Waals surface area contributed by atoms with Gasteiger partial charge in [0.2, 0.25) is 11.9 Å². The summed E-state index contributed by atoms with van der Waals surface area (Å²) in [5, 5.41) is 10.7. The van der Waals surface area contributed by atoms with Crippen molar-refractivity contribution in [1.29, 1.82) is 5.53 Å². The van der Waals surface area contributed by atoms with E-state index >= 15 is 0 Å². The lowest BCUT2D eigenvalue weighted by molar-refractivity contribution is 0.0988. The number of primary amides is 2. The van der Waals surface area contributed by atoms with Gasteiger partial charge in [-0.1, -0.05) is 29.5 Å². The molecule has 238 valence electrons. The molecule has 5 aromatic rings. The largest absolute Gasteiger partial charge is 0.497 e. The summed E-state index contributed by atoms with van der Waals surface area (Å²) in [6, 6.07) is 14.2. The number of fused-ring (bicyclic) bond motifs is 1. The second kappa shape index (κ2) is 15.8. The number of aliphatic imine (C=N–C) groups is 1. The summed E-state index contributed by atoms with van der Waals surface area (Å²) in [6.45, 7) is 3.66. The Morgan fingerprint density at radius 1 is 0.957 bits per heavy atom. The minimum absolute atomic E-state index is 0.0208. The lowest BCUT2D eigenvalue weighted by Crippen LogP contribution is -2.32. The quantitative estimate of drug-likeness (QED) is 0.105. The van der Waals surface area contributed by atoms with E-state index < -0.39 is 17.5 Å². The first-order valence-electron chi connectivity index (χ1n) is 13.2. The topological polar surface area (TPSA) is 264 Å². The molecule has 2 atom stereocenters. The molecular weight excluding hydrogens is 600 g/mol. The summed E-state index contributed by atoms with van der Waals surface area (Å²) >= 11 is 0. The predicted molar refractivity (Wildman–Crippen MR) is 162 cm³/mol. The van der Waals surface area contributed by atoms with Crippen molar-refractivity contribution in [3.63, 3.8) is 0 Å². The SMILES string of the molecule is COc1ccc([C@@H](C)N=C=O)cc1.COc1ccc([C@@H](C)n2nnc3c(C(N)=O)ncn3c2=O)cc1.N=Nc1nc[nH]c1C(N)=O. The molecule has 2 aromatic carbocycles. The molecule has 46 heavy (non-hydrogen) atoms. The van der Waals surface area contributed by atoms with Crippen LogP contribution >= 0.6 is 0 Å². The number of carbonyl (C=O) groups is 2. The van der Waals surface area contributed by atoms with Crippen molar-refractivity contribution in [2.75, 3.05) is 14.2 Å². The van der Waals surface area contributed by atoms with Crippen LogP contribution in [-0.4, -0.2) is 66.5 Å². The van der Waals surface area contributed by atoms with E-state index in [2.05, 4.69) is 35.4 Å². The lowest BCUT2D eigenvalue weighted by atomic mass is 10.1. The maximum absolute atomic E-state index is 12.5. The number of nitrogens with zero attached hydrogens (tertiary/aromatic N) is 8. The molecule has 3 aromatic heterocycles. The molecule has 0 bridgehead atoms. The Kier molecular flexibility index (Phi) is 11.6. The molecule has 18 heteroatoms. The van der Waals surface area contributed by atoms with Crippen LogP contribution in [0.4, 0.5) is 5.82 Å². The highest BCUT2D eigenvalue weighted by Crippen LogP contribution is 2.20. The van der Waals surface area contributed by atoms with Crippen LogP contribution in [0.3, 0.4) is 0 Å². The van der Waals surface area contributed by atoms with E-state index in [1.165, 1.54) is 23.4 Å². The molecule has 0 saturated heterocycles. The summed E-state index contributed by atoms with van der Waals surface area (Å²) < 4.78 is 12.5. The van der Waals surface area contributed by atoms with Crippen molar-refractivity contribution in [3.05, 3.63) is 94.2 Å². The zero-order valence-corrected chi connectivity index (χ0v) is 25.1. The van der Waals surface area contributed by atoms with Gasteiger partial charge >= 0.3 is 5.69 Å². The fourth-order valence-electron chi connectivity index (χ4n) is 3.85. The molecule has 18 nitrogen and oxygen atoms in total. The van der Waals surface area contributed by atoms with Crippen molar-refractivity contribution in [2.45, 2.75) is 25.9 Å². The fraction of sp³-hybridized carbons (Fsp3) is 0.214. The number of nitrogens with one attached hydrogen (secondary N) is 2. The van der Waals surface area contributed by atoms with Crippen LogP contribution in [0.25, 0.3) is 5.65 Å². The van der Waals surface area contributed by atoms with Gasteiger partial charge in [-0.15, -0.1) is 10.2 Å². The normalized spacial score (nSPS) is 11.4.